The highest BCUT2D eigenvalue weighted by atomic mass is 19.4. The summed E-state index contributed by atoms with van der Waals surface area (Å²) in [6.45, 7) is 0.741. The van der Waals surface area contributed by atoms with Crippen molar-refractivity contribution in [3.05, 3.63) is 89.4 Å². The zero-order valence-electron chi connectivity index (χ0n) is 20.5. The minimum atomic E-state index is -4.72. The van der Waals surface area contributed by atoms with E-state index in [0.717, 1.165) is 37.1 Å². The van der Waals surface area contributed by atoms with Gasteiger partial charge < -0.3 is 19.0 Å². The molecule has 0 unspecified atom stereocenters. The van der Waals surface area contributed by atoms with Crippen molar-refractivity contribution in [1.29, 1.82) is 0 Å². The SMILES string of the molecule is OCCn1cc(CCCCc2ccc(OCc3coc(/C=C/c4ccc(OC(F)(F)F)cc4)n3)cc2)nn1. The van der Waals surface area contributed by atoms with E-state index in [1.54, 1.807) is 16.8 Å². The first kappa shape index (κ1) is 26.9. The normalized spacial score (nSPS) is 11.8. The first-order chi connectivity index (χ1) is 18.4. The standard InChI is InChI=1S/C27H27F3N4O4/c28-27(29,30)38-25-12-7-21(8-13-25)9-14-26-31-23(19-37-26)18-36-24-10-5-20(6-11-24)3-1-2-4-22-17-34(15-16-35)33-32-22/h5-14,17,19,35H,1-4,15-16,18H2/b14-9+. The third-order valence-electron chi connectivity index (χ3n) is 5.48. The Bertz CT molecular complexity index is 1300. The fraction of sp³-hybridized carbons (Fsp3) is 0.296. The van der Waals surface area contributed by atoms with Crippen LogP contribution in [0.2, 0.25) is 0 Å². The second-order valence-corrected chi connectivity index (χ2v) is 8.46. The molecule has 0 aliphatic heterocycles. The fourth-order valence-electron chi connectivity index (χ4n) is 3.62. The molecule has 0 aliphatic carbocycles. The van der Waals surface area contributed by atoms with Crippen molar-refractivity contribution < 1.29 is 32.2 Å². The first-order valence-electron chi connectivity index (χ1n) is 12.1. The lowest BCUT2D eigenvalue weighted by atomic mass is 10.1. The number of nitrogens with zero attached hydrogens (tertiary/aromatic N) is 4. The maximum atomic E-state index is 12.3. The summed E-state index contributed by atoms with van der Waals surface area (Å²) >= 11 is 0. The Morgan fingerprint density at radius 1 is 0.921 bits per heavy atom. The smallest absolute Gasteiger partial charge is 0.487 e. The summed E-state index contributed by atoms with van der Waals surface area (Å²) in [6.07, 6.45) is 5.76. The van der Waals surface area contributed by atoms with Gasteiger partial charge in [-0.1, -0.05) is 29.5 Å². The Hall–Kier alpha value is -4.12. The van der Waals surface area contributed by atoms with E-state index >= 15 is 0 Å². The van der Waals surface area contributed by atoms with Gasteiger partial charge in [0.05, 0.1) is 18.8 Å². The number of alkyl halides is 3. The molecular weight excluding hydrogens is 501 g/mol. The van der Waals surface area contributed by atoms with Crippen LogP contribution < -0.4 is 9.47 Å². The number of hydrogen-bond donors (Lipinski definition) is 1. The molecule has 0 saturated heterocycles. The van der Waals surface area contributed by atoms with Crippen LogP contribution in [0.25, 0.3) is 12.2 Å². The van der Waals surface area contributed by atoms with Crippen molar-refractivity contribution in [3.63, 3.8) is 0 Å². The lowest BCUT2D eigenvalue weighted by Gasteiger charge is -2.08. The van der Waals surface area contributed by atoms with E-state index in [9.17, 15) is 13.2 Å². The van der Waals surface area contributed by atoms with Crippen molar-refractivity contribution in [2.24, 2.45) is 0 Å². The number of aliphatic hydroxyl groups excluding tert-OH is 1. The fourth-order valence-corrected chi connectivity index (χ4v) is 3.62. The van der Waals surface area contributed by atoms with Gasteiger partial charge in [0.1, 0.15) is 30.1 Å². The molecule has 0 amide bonds. The van der Waals surface area contributed by atoms with Crippen molar-refractivity contribution in [1.82, 2.24) is 20.0 Å². The first-order valence-corrected chi connectivity index (χ1v) is 12.1. The number of aromatic nitrogens is 4. The maximum Gasteiger partial charge on any atom is 0.573 e. The number of halogens is 3. The molecule has 0 radical (unpaired) electrons. The average Bonchev–Trinajstić information content (AvgIpc) is 3.54. The van der Waals surface area contributed by atoms with Gasteiger partial charge in [-0.25, -0.2) is 9.67 Å². The van der Waals surface area contributed by atoms with Crippen LogP contribution in [0.3, 0.4) is 0 Å². The van der Waals surface area contributed by atoms with E-state index < -0.39 is 6.36 Å². The van der Waals surface area contributed by atoms with Gasteiger partial charge in [-0.2, -0.15) is 0 Å². The topological polar surface area (TPSA) is 95.4 Å². The summed E-state index contributed by atoms with van der Waals surface area (Å²) in [5.41, 5.74) is 3.43. The predicted molar refractivity (Wildman–Crippen MR) is 133 cm³/mol. The molecule has 0 bridgehead atoms. The number of ether oxygens (including phenoxy) is 2. The van der Waals surface area contributed by atoms with Crippen LogP contribution in [0.1, 0.15) is 41.2 Å². The van der Waals surface area contributed by atoms with Crippen LogP contribution in [0.15, 0.2) is 65.4 Å². The third kappa shape index (κ3) is 8.77. The van der Waals surface area contributed by atoms with Crippen LogP contribution in [0, 0.1) is 0 Å². The molecule has 4 rings (SSSR count). The molecule has 38 heavy (non-hydrogen) atoms. The summed E-state index contributed by atoms with van der Waals surface area (Å²) < 4.78 is 53.5. The molecule has 1 N–H and O–H groups in total. The Kier molecular flexibility index (Phi) is 9.15. The Morgan fingerprint density at radius 2 is 1.66 bits per heavy atom. The van der Waals surface area contributed by atoms with Crippen molar-refractivity contribution >= 4 is 12.2 Å². The average molecular weight is 529 g/mol. The Labute approximate surface area is 217 Å². The van der Waals surface area contributed by atoms with Crippen molar-refractivity contribution in [2.75, 3.05) is 6.61 Å². The minimum absolute atomic E-state index is 0.0486. The van der Waals surface area contributed by atoms with Crippen LogP contribution in [-0.4, -0.2) is 38.1 Å². The molecule has 0 aliphatic rings. The minimum Gasteiger partial charge on any atom is -0.487 e. The molecule has 0 fully saturated rings. The molecule has 2 aromatic heterocycles. The van der Waals surface area contributed by atoms with E-state index in [0.29, 0.717) is 23.7 Å². The highest BCUT2D eigenvalue weighted by Crippen LogP contribution is 2.23. The van der Waals surface area contributed by atoms with Crippen LogP contribution in [0.4, 0.5) is 13.2 Å². The zero-order valence-corrected chi connectivity index (χ0v) is 20.5. The molecule has 200 valence electrons. The highest BCUT2D eigenvalue weighted by molar-refractivity contribution is 5.66. The summed E-state index contributed by atoms with van der Waals surface area (Å²) in [5, 5.41) is 17.0. The Morgan fingerprint density at radius 3 is 2.39 bits per heavy atom. The number of unbranched alkanes of at least 4 members (excludes halogenated alkanes) is 1. The van der Waals surface area contributed by atoms with Gasteiger partial charge in [-0.3, -0.25) is 0 Å². The summed E-state index contributed by atoms with van der Waals surface area (Å²) in [6, 6.07) is 13.4. The van der Waals surface area contributed by atoms with E-state index in [2.05, 4.69) is 20.0 Å². The van der Waals surface area contributed by atoms with Crippen molar-refractivity contribution in [3.8, 4) is 11.5 Å². The second kappa shape index (κ2) is 12.9. The quantitative estimate of drug-likeness (QED) is 0.230. The third-order valence-corrected chi connectivity index (χ3v) is 5.48. The molecule has 0 spiro atoms. The lowest BCUT2D eigenvalue weighted by Crippen LogP contribution is -2.16. The van der Waals surface area contributed by atoms with Crippen LogP contribution in [-0.2, 0) is 26.0 Å². The predicted octanol–water partition coefficient (Wildman–Crippen LogP) is 5.47. The Balaban J connectivity index is 1.17. The molecule has 0 saturated carbocycles. The second-order valence-electron chi connectivity index (χ2n) is 8.46. The highest BCUT2D eigenvalue weighted by Gasteiger charge is 2.30. The van der Waals surface area contributed by atoms with Crippen LogP contribution in [0.5, 0.6) is 11.5 Å². The number of aliphatic hydroxyl groups is 1. The summed E-state index contributed by atoms with van der Waals surface area (Å²) in [7, 11) is 0. The maximum absolute atomic E-state index is 12.3. The van der Waals surface area contributed by atoms with E-state index in [-0.39, 0.29) is 19.0 Å². The van der Waals surface area contributed by atoms with E-state index in [1.807, 2.05) is 30.5 Å². The molecule has 0 atom stereocenters. The molecule has 8 nitrogen and oxygen atoms in total. The lowest BCUT2D eigenvalue weighted by molar-refractivity contribution is -0.274. The zero-order chi connectivity index (χ0) is 26.8. The number of oxazole rings is 1. The number of rotatable bonds is 13. The molecule has 11 heteroatoms. The van der Waals surface area contributed by atoms with Crippen molar-refractivity contribution in [2.45, 2.75) is 45.2 Å². The van der Waals surface area contributed by atoms with Gasteiger partial charge in [0.15, 0.2) is 0 Å². The number of benzene rings is 2. The molecule has 2 aromatic carbocycles. The van der Waals surface area contributed by atoms with Gasteiger partial charge in [-0.15, -0.1) is 18.3 Å². The van der Waals surface area contributed by atoms with Gasteiger partial charge >= 0.3 is 6.36 Å². The van der Waals surface area contributed by atoms with Gasteiger partial charge in [-0.05, 0) is 67.2 Å². The number of hydrogen-bond acceptors (Lipinski definition) is 7. The molecule has 4 aromatic rings. The monoisotopic (exact) mass is 528 g/mol. The van der Waals surface area contributed by atoms with Crippen LogP contribution >= 0.6 is 0 Å². The van der Waals surface area contributed by atoms with Gasteiger partial charge in [0.2, 0.25) is 5.89 Å². The summed E-state index contributed by atoms with van der Waals surface area (Å²) in [4.78, 5) is 4.34. The van der Waals surface area contributed by atoms with Gasteiger partial charge in [0.25, 0.3) is 0 Å². The van der Waals surface area contributed by atoms with Gasteiger partial charge in [0, 0.05) is 12.3 Å². The largest absolute Gasteiger partial charge is 0.573 e. The summed E-state index contributed by atoms with van der Waals surface area (Å²) in [5.74, 6) is 0.788. The van der Waals surface area contributed by atoms with E-state index in [4.69, 9.17) is 14.3 Å². The number of aryl methyl sites for hydroxylation is 2. The molecule has 2 heterocycles. The van der Waals surface area contributed by atoms with E-state index in [1.165, 1.54) is 36.1 Å². The molecular formula is C27H27F3N4O4.